The zero-order valence-electron chi connectivity index (χ0n) is 15.7. The van der Waals surface area contributed by atoms with Crippen LogP contribution >= 0.6 is 0 Å². The van der Waals surface area contributed by atoms with E-state index in [4.69, 9.17) is 4.74 Å². The molecule has 3 heteroatoms. The molecular weight excluding hydrogens is 320 g/mol. The average Bonchev–Trinajstić information content (AvgIpc) is 2.96. The van der Waals surface area contributed by atoms with E-state index in [9.17, 15) is 0 Å². The highest BCUT2D eigenvalue weighted by molar-refractivity contribution is 5.85. The van der Waals surface area contributed by atoms with Gasteiger partial charge in [-0.2, -0.15) is 0 Å². The van der Waals surface area contributed by atoms with Crippen LogP contribution in [0.25, 0.3) is 10.9 Å². The van der Waals surface area contributed by atoms with Crippen molar-refractivity contribution in [2.24, 2.45) is 7.05 Å². The molecule has 1 aromatic heterocycles. The largest absolute Gasteiger partial charge is 0.371 e. The number of para-hydroxylation sites is 1. The molecule has 1 saturated heterocycles. The van der Waals surface area contributed by atoms with E-state index in [0.717, 1.165) is 6.54 Å². The van der Waals surface area contributed by atoms with Gasteiger partial charge in [0.05, 0.1) is 13.2 Å². The molecular formula is C23H28N2O. The Balaban J connectivity index is 1.57. The second kappa shape index (κ2) is 8.07. The van der Waals surface area contributed by atoms with Crippen LogP contribution in [0.15, 0.2) is 54.6 Å². The lowest BCUT2D eigenvalue weighted by atomic mass is 10.1. The van der Waals surface area contributed by atoms with Crippen molar-refractivity contribution in [2.45, 2.75) is 39.0 Å². The molecule has 3 aromatic rings. The van der Waals surface area contributed by atoms with Gasteiger partial charge in [0.1, 0.15) is 0 Å². The smallest absolute Gasteiger partial charge is 0.0875 e. The molecule has 1 aliphatic rings. The summed E-state index contributed by atoms with van der Waals surface area (Å²) in [5, 5.41) is 1.37. The number of hydrogen-bond acceptors (Lipinski definition) is 2. The number of fused-ring (bicyclic) bond motifs is 1. The van der Waals surface area contributed by atoms with Gasteiger partial charge in [-0.1, -0.05) is 55.0 Å². The first-order chi connectivity index (χ1) is 12.8. The SMILES string of the molecule is Cn1c(COCc2ccccc2)c(CN2CCCCC2)c2ccccc21. The fraction of sp³-hybridized carbons (Fsp3) is 0.391. The van der Waals surface area contributed by atoms with Gasteiger partial charge in [0.25, 0.3) is 0 Å². The van der Waals surface area contributed by atoms with Gasteiger partial charge in [-0.25, -0.2) is 0 Å². The van der Waals surface area contributed by atoms with Gasteiger partial charge in [0.15, 0.2) is 0 Å². The Bertz CT molecular complexity index is 847. The minimum Gasteiger partial charge on any atom is -0.371 e. The first-order valence-corrected chi connectivity index (χ1v) is 9.72. The Morgan fingerprint density at radius 3 is 2.38 bits per heavy atom. The zero-order valence-corrected chi connectivity index (χ0v) is 15.7. The zero-order chi connectivity index (χ0) is 17.8. The molecule has 1 fully saturated rings. The second-order valence-corrected chi connectivity index (χ2v) is 7.32. The topological polar surface area (TPSA) is 17.4 Å². The number of rotatable bonds is 6. The fourth-order valence-corrected chi connectivity index (χ4v) is 4.07. The number of piperidine rings is 1. The van der Waals surface area contributed by atoms with Gasteiger partial charge in [-0.3, -0.25) is 4.90 Å². The third kappa shape index (κ3) is 3.69. The number of nitrogens with zero attached hydrogens (tertiary/aromatic N) is 2. The average molecular weight is 348 g/mol. The van der Waals surface area contributed by atoms with Crippen LogP contribution in [0.2, 0.25) is 0 Å². The summed E-state index contributed by atoms with van der Waals surface area (Å²) in [6, 6.07) is 19.2. The molecule has 2 heterocycles. The molecule has 0 atom stereocenters. The van der Waals surface area contributed by atoms with Gasteiger partial charge in [0, 0.05) is 30.2 Å². The number of benzene rings is 2. The Labute approximate surface area is 156 Å². The van der Waals surface area contributed by atoms with Crippen LogP contribution in [0.5, 0.6) is 0 Å². The van der Waals surface area contributed by atoms with Crippen molar-refractivity contribution in [2.75, 3.05) is 13.1 Å². The van der Waals surface area contributed by atoms with Crippen molar-refractivity contribution in [3.8, 4) is 0 Å². The molecule has 0 aliphatic carbocycles. The van der Waals surface area contributed by atoms with Crippen LogP contribution in [0.1, 0.15) is 36.1 Å². The first kappa shape index (κ1) is 17.3. The molecule has 0 N–H and O–H groups in total. The summed E-state index contributed by atoms with van der Waals surface area (Å²) in [6.07, 6.45) is 4.02. The highest BCUT2D eigenvalue weighted by Crippen LogP contribution is 2.28. The van der Waals surface area contributed by atoms with Crippen LogP contribution in [0, 0.1) is 0 Å². The van der Waals surface area contributed by atoms with Gasteiger partial charge < -0.3 is 9.30 Å². The third-order valence-corrected chi connectivity index (χ3v) is 5.52. The van der Waals surface area contributed by atoms with Crippen LogP contribution < -0.4 is 0 Å². The maximum atomic E-state index is 6.11. The molecule has 2 aromatic carbocycles. The minimum absolute atomic E-state index is 0.656. The van der Waals surface area contributed by atoms with Crippen molar-refractivity contribution >= 4 is 10.9 Å². The molecule has 0 saturated carbocycles. The quantitative estimate of drug-likeness (QED) is 0.631. The molecule has 0 radical (unpaired) electrons. The monoisotopic (exact) mass is 348 g/mol. The summed E-state index contributed by atoms with van der Waals surface area (Å²) < 4.78 is 8.43. The van der Waals surface area contributed by atoms with Crippen molar-refractivity contribution in [3.63, 3.8) is 0 Å². The molecule has 4 rings (SSSR count). The van der Waals surface area contributed by atoms with Gasteiger partial charge in [-0.15, -0.1) is 0 Å². The molecule has 26 heavy (non-hydrogen) atoms. The number of hydrogen-bond donors (Lipinski definition) is 0. The van der Waals surface area contributed by atoms with Crippen molar-refractivity contribution < 1.29 is 4.74 Å². The van der Waals surface area contributed by atoms with Gasteiger partial charge in [-0.05, 0) is 43.1 Å². The highest BCUT2D eigenvalue weighted by Gasteiger charge is 2.19. The molecule has 1 aliphatic heterocycles. The van der Waals surface area contributed by atoms with E-state index >= 15 is 0 Å². The lowest BCUT2D eigenvalue weighted by Crippen LogP contribution is -2.29. The first-order valence-electron chi connectivity index (χ1n) is 9.72. The number of ether oxygens (including phenoxy) is 1. The fourth-order valence-electron chi connectivity index (χ4n) is 4.07. The third-order valence-electron chi connectivity index (χ3n) is 5.52. The Hall–Kier alpha value is -2.10. The van der Waals surface area contributed by atoms with Crippen LogP contribution in [-0.4, -0.2) is 22.6 Å². The summed E-state index contributed by atoms with van der Waals surface area (Å²) in [4.78, 5) is 2.60. The summed E-state index contributed by atoms with van der Waals surface area (Å²) in [7, 11) is 2.17. The standard InChI is InChI=1S/C23H28N2O/c1-24-22-13-7-6-12-20(22)21(16-25-14-8-3-9-15-25)23(24)18-26-17-19-10-4-2-5-11-19/h2,4-7,10-13H,3,8-9,14-18H2,1H3. The predicted molar refractivity (Wildman–Crippen MR) is 107 cm³/mol. The summed E-state index contributed by atoms with van der Waals surface area (Å²) in [5.41, 5.74) is 5.28. The Kier molecular flexibility index (Phi) is 5.37. The molecule has 0 spiro atoms. The van der Waals surface area contributed by atoms with Crippen LogP contribution in [-0.2, 0) is 31.5 Å². The van der Waals surface area contributed by atoms with E-state index in [0.29, 0.717) is 13.2 Å². The predicted octanol–water partition coefficient (Wildman–Crippen LogP) is 4.88. The maximum absolute atomic E-state index is 6.11. The number of likely N-dealkylation sites (tertiary alicyclic amines) is 1. The lowest BCUT2D eigenvalue weighted by molar-refractivity contribution is 0.101. The van der Waals surface area contributed by atoms with Crippen molar-refractivity contribution in [1.82, 2.24) is 9.47 Å². The van der Waals surface area contributed by atoms with Crippen molar-refractivity contribution in [3.05, 3.63) is 71.4 Å². The van der Waals surface area contributed by atoms with Gasteiger partial charge in [0.2, 0.25) is 0 Å². The number of aryl methyl sites for hydroxylation is 1. The van der Waals surface area contributed by atoms with E-state index in [1.54, 1.807) is 0 Å². The van der Waals surface area contributed by atoms with E-state index in [2.05, 4.69) is 65.0 Å². The van der Waals surface area contributed by atoms with Crippen LogP contribution in [0.4, 0.5) is 0 Å². The van der Waals surface area contributed by atoms with Crippen LogP contribution in [0.3, 0.4) is 0 Å². The van der Waals surface area contributed by atoms with Crippen molar-refractivity contribution in [1.29, 1.82) is 0 Å². The van der Waals surface area contributed by atoms with E-state index in [-0.39, 0.29) is 0 Å². The second-order valence-electron chi connectivity index (χ2n) is 7.32. The molecule has 136 valence electrons. The normalized spacial score (nSPS) is 15.6. The summed E-state index contributed by atoms with van der Waals surface area (Å²) in [6.45, 7) is 4.78. The Morgan fingerprint density at radius 1 is 0.846 bits per heavy atom. The molecule has 0 unspecified atom stereocenters. The molecule has 0 amide bonds. The number of aromatic nitrogens is 1. The molecule has 3 nitrogen and oxygen atoms in total. The highest BCUT2D eigenvalue weighted by atomic mass is 16.5. The van der Waals surface area contributed by atoms with E-state index in [1.165, 1.54) is 60.1 Å². The lowest BCUT2D eigenvalue weighted by Gasteiger charge is -2.26. The maximum Gasteiger partial charge on any atom is 0.0875 e. The summed E-state index contributed by atoms with van der Waals surface area (Å²) in [5.74, 6) is 0. The molecule has 0 bridgehead atoms. The Morgan fingerprint density at radius 2 is 1.58 bits per heavy atom. The van der Waals surface area contributed by atoms with Gasteiger partial charge >= 0.3 is 0 Å². The minimum atomic E-state index is 0.656. The van der Waals surface area contributed by atoms with E-state index < -0.39 is 0 Å². The van der Waals surface area contributed by atoms with E-state index in [1.807, 2.05) is 6.07 Å². The summed E-state index contributed by atoms with van der Waals surface area (Å²) >= 11 is 0.